The molecule has 0 aromatic carbocycles. The monoisotopic (exact) mass is 192 g/mol. The van der Waals surface area contributed by atoms with Gasteiger partial charge in [0.2, 0.25) is 0 Å². The van der Waals surface area contributed by atoms with Crippen LogP contribution < -0.4 is 5.32 Å². The van der Waals surface area contributed by atoms with Gasteiger partial charge >= 0.3 is 0 Å². The summed E-state index contributed by atoms with van der Waals surface area (Å²) >= 11 is 0. The largest absolute Gasteiger partial charge is 0.506 e. The van der Waals surface area contributed by atoms with Crippen molar-refractivity contribution in [1.29, 1.82) is 0 Å². The molecule has 4 heteroatoms. The Morgan fingerprint density at radius 2 is 2.36 bits per heavy atom. The summed E-state index contributed by atoms with van der Waals surface area (Å²) in [7, 11) is 0. The fraction of sp³-hybridized carbons (Fsp3) is 0.200. The molecule has 0 saturated carbocycles. The normalized spacial score (nSPS) is 9.50. The molecule has 1 heterocycles. The number of aromatic hydroxyl groups is 1. The molecule has 0 unspecified atom stereocenters. The summed E-state index contributed by atoms with van der Waals surface area (Å²) in [6.07, 6.45) is 2.67. The number of hydrogen-bond donors (Lipinski definition) is 2. The lowest BCUT2D eigenvalue weighted by Crippen LogP contribution is -2.24. The minimum Gasteiger partial charge on any atom is -0.506 e. The quantitative estimate of drug-likeness (QED) is 0.705. The molecule has 0 fully saturated rings. The van der Waals surface area contributed by atoms with Gasteiger partial charge in [-0.15, -0.1) is 0 Å². The molecule has 1 aromatic rings. The zero-order chi connectivity index (χ0) is 10.6. The Hall–Kier alpha value is -1.84. The number of aromatic nitrogens is 1. The number of nitrogens with one attached hydrogen (secondary N) is 1. The highest BCUT2D eigenvalue weighted by Gasteiger charge is 2.05. The molecule has 14 heavy (non-hydrogen) atoms. The van der Waals surface area contributed by atoms with Crippen molar-refractivity contribution in [2.75, 3.05) is 6.54 Å². The van der Waals surface area contributed by atoms with E-state index in [-0.39, 0.29) is 11.7 Å². The summed E-state index contributed by atoms with van der Waals surface area (Å²) in [5.74, 6) is -0.288. The minimum atomic E-state index is -0.267. The Bertz CT molecular complexity index is 361. The first kappa shape index (κ1) is 10.2. The molecular formula is C10H12N2O2. The zero-order valence-corrected chi connectivity index (χ0v) is 7.95. The average molecular weight is 192 g/mol. The molecule has 0 saturated heterocycles. The highest BCUT2D eigenvalue weighted by atomic mass is 16.3. The van der Waals surface area contributed by atoms with Crippen LogP contribution in [0.4, 0.5) is 0 Å². The van der Waals surface area contributed by atoms with Crippen LogP contribution in [0, 0.1) is 0 Å². The molecule has 0 aliphatic heterocycles. The average Bonchev–Trinajstić information content (AvgIpc) is 2.14. The van der Waals surface area contributed by atoms with Gasteiger partial charge in [0.05, 0.1) is 11.8 Å². The maximum atomic E-state index is 11.4. The Labute approximate surface area is 82.3 Å². The van der Waals surface area contributed by atoms with Crippen molar-refractivity contribution in [1.82, 2.24) is 10.3 Å². The fourth-order valence-corrected chi connectivity index (χ4v) is 0.885. The third-order valence-electron chi connectivity index (χ3n) is 1.54. The van der Waals surface area contributed by atoms with Crippen LogP contribution in [0.25, 0.3) is 0 Å². The van der Waals surface area contributed by atoms with Gasteiger partial charge in [-0.25, -0.2) is 0 Å². The van der Waals surface area contributed by atoms with Crippen molar-refractivity contribution >= 4 is 5.91 Å². The van der Waals surface area contributed by atoms with Crippen LogP contribution >= 0.6 is 0 Å². The predicted molar refractivity (Wildman–Crippen MR) is 53.0 cm³/mol. The van der Waals surface area contributed by atoms with Crippen molar-refractivity contribution in [3.8, 4) is 5.75 Å². The molecule has 0 spiro atoms. The Morgan fingerprint density at radius 3 is 2.93 bits per heavy atom. The first-order valence-corrected chi connectivity index (χ1v) is 4.16. The number of pyridine rings is 1. The van der Waals surface area contributed by atoms with Crippen molar-refractivity contribution in [3.05, 3.63) is 36.2 Å². The van der Waals surface area contributed by atoms with E-state index in [2.05, 4.69) is 16.9 Å². The molecular weight excluding hydrogens is 180 g/mol. The van der Waals surface area contributed by atoms with E-state index in [1.165, 1.54) is 18.5 Å². The number of rotatable bonds is 3. The van der Waals surface area contributed by atoms with E-state index in [0.29, 0.717) is 12.1 Å². The molecule has 0 radical (unpaired) electrons. The third kappa shape index (κ3) is 2.90. The highest BCUT2D eigenvalue weighted by Crippen LogP contribution is 2.07. The SMILES string of the molecule is C=C(C)CNC(=O)c1cncc(O)c1. The maximum absolute atomic E-state index is 11.4. The molecule has 1 rings (SSSR count). The van der Waals surface area contributed by atoms with Gasteiger partial charge in [0.1, 0.15) is 5.75 Å². The predicted octanol–water partition coefficient (Wildman–Crippen LogP) is 1.09. The molecule has 2 N–H and O–H groups in total. The van der Waals surface area contributed by atoms with E-state index in [9.17, 15) is 4.79 Å². The second-order valence-electron chi connectivity index (χ2n) is 3.07. The number of nitrogens with zero attached hydrogens (tertiary/aromatic N) is 1. The van der Waals surface area contributed by atoms with Gasteiger partial charge < -0.3 is 10.4 Å². The standard InChI is InChI=1S/C10H12N2O2/c1-7(2)4-12-10(14)8-3-9(13)6-11-5-8/h3,5-6,13H,1,4H2,2H3,(H,12,14). The van der Waals surface area contributed by atoms with Crippen LogP contribution in [0.15, 0.2) is 30.6 Å². The molecule has 0 aliphatic rings. The van der Waals surface area contributed by atoms with Crippen molar-refractivity contribution in [2.24, 2.45) is 0 Å². The lowest BCUT2D eigenvalue weighted by molar-refractivity contribution is 0.0956. The second kappa shape index (κ2) is 4.41. The summed E-state index contributed by atoms with van der Waals surface area (Å²) < 4.78 is 0. The second-order valence-corrected chi connectivity index (χ2v) is 3.07. The van der Waals surface area contributed by atoms with Crippen LogP contribution in [0.2, 0.25) is 0 Å². The first-order valence-electron chi connectivity index (χ1n) is 4.16. The minimum absolute atomic E-state index is 0.0204. The van der Waals surface area contributed by atoms with Gasteiger partial charge in [-0.3, -0.25) is 9.78 Å². The molecule has 74 valence electrons. The van der Waals surface area contributed by atoms with Crippen LogP contribution in [0.5, 0.6) is 5.75 Å². The van der Waals surface area contributed by atoms with E-state index in [1.54, 1.807) is 0 Å². The van der Waals surface area contributed by atoms with Gasteiger partial charge in [0.15, 0.2) is 0 Å². The smallest absolute Gasteiger partial charge is 0.253 e. The number of hydrogen-bond acceptors (Lipinski definition) is 3. The van der Waals surface area contributed by atoms with Crippen LogP contribution in [-0.2, 0) is 0 Å². The fourth-order valence-electron chi connectivity index (χ4n) is 0.885. The summed E-state index contributed by atoms with van der Waals surface area (Å²) in [5, 5.41) is 11.7. The topological polar surface area (TPSA) is 62.2 Å². The van der Waals surface area contributed by atoms with Gasteiger partial charge in [0.25, 0.3) is 5.91 Å². The van der Waals surface area contributed by atoms with Crippen LogP contribution in [-0.4, -0.2) is 22.5 Å². The van der Waals surface area contributed by atoms with E-state index in [1.807, 2.05) is 6.92 Å². The van der Waals surface area contributed by atoms with Gasteiger partial charge in [0, 0.05) is 12.7 Å². The summed E-state index contributed by atoms with van der Waals surface area (Å²) in [6, 6.07) is 1.36. The lowest BCUT2D eigenvalue weighted by atomic mass is 10.2. The summed E-state index contributed by atoms with van der Waals surface area (Å²) in [5.41, 5.74) is 1.21. The molecule has 1 aromatic heterocycles. The number of carbonyl (C=O) groups excluding carboxylic acids is 1. The molecule has 0 atom stereocenters. The van der Waals surface area contributed by atoms with Crippen LogP contribution in [0.1, 0.15) is 17.3 Å². The van der Waals surface area contributed by atoms with E-state index in [0.717, 1.165) is 5.57 Å². The Kier molecular flexibility index (Phi) is 3.23. The summed E-state index contributed by atoms with van der Waals surface area (Å²) in [4.78, 5) is 15.1. The van der Waals surface area contributed by atoms with E-state index in [4.69, 9.17) is 5.11 Å². The third-order valence-corrected chi connectivity index (χ3v) is 1.54. The highest BCUT2D eigenvalue weighted by molar-refractivity contribution is 5.94. The van der Waals surface area contributed by atoms with Crippen molar-refractivity contribution in [2.45, 2.75) is 6.92 Å². The molecule has 0 bridgehead atoms. The first-order chi connectivity index (χ1) is 6.59. The van der Waals surface area contributed by atoms with Gasteiger partial charge in [-0.2, -0.15) is 0 Å². The molecule has 0 aliphatic carbocycles. The number of amides is 1. The summed E-state index contributed by atoms with van der Waals surface area (Å²) in [6.45, 7) is 5.90. The van der Waals surface area contributed by atoms with Crippen molar-refractivity contribution in [3.63, 3.8) is 0 Å². The molecule has 4 nitrogen and oxygen atoms in total. The van der Waals surface area contributed by atoms with Crippen LogP contribution in [0.3, 0.4) is 0 Å². The lowest BCUT2D eigenvalue weighted by Gasteiger charge is -2.03. The van der Waals surface area contributed by atoms with Gasteiger partial charge in [-0.1, -0.05) is 12.2 Å². The van der Waals surface area contributed by atoms with Crippen molar-refractivity contribution < 1.29 is 9.90 Å². The Morgan fingerprint density at radius 1 is 1.64 bits per heavy atom. The van der Waals surface area contributed by atoms with Gasteiger partial charge in [-0.05, 0) is 13.0 Å². The maximum Gasteiger partial charge on any atom is 0.253 e. The van der Waals surface area contributed by atoms with E-state index >= 15 is 0 Å². The Balaban J connectivity index is 2.65. The molecule has 1 amide bonds. The van der Waals surface area contributed by atoms with E-state index < -0.39 is 0 Å². The number of carbonyl (C=O) groups is 1. The zero-order valence-electron chi connectivity index (χ0n) is 7.95.